The summed E-state index contributed by atoms with van der Waals surface area (Å²) in [5.41, 5.74) is 8.65. The minimum Gasteiger partial charge on any atom is -0.398 e. The molecule has 0 fully saturated rings. The molecule has 0 atom stereocenters. The van der Waals surface area contributed by atoms with Crippen molar-refractivity contribution in [3.8, 4) is 0 Å². The summed E-state index contributed by atoms with van der Waals surface area (Å²) in [5, 5.41) is 2.99. The number of anilines is 3. The van der Waals surface area contributed by atoms with Crippen molar-refractivity contribution in [3.05, 3.63) is 42.2 Å². The van der Waals surface area contributed by atoms with Crippen LogP contribution in [0.2, 0.25) is 0 Å². The number of hydrogen-bond donors (Lipinski definition) is 3. The number of hydroxylamine groups is 1. The molecule has 7 heteroatoms. The lowest BCUT2D eigenvalue weighted by atomic mass is 10.2. The Kier molecular flexibility index (Phi) is 4.46. The molecule has 0 spiro atoms. The zero-order valence-corrected chi connectivity index (χ0v) is 11.0. The number of pyridine rings is 2. The van der Waals surface area contributed by atoms with E-state index >= 15 is 0 Å². The highest BCUT2D eigenvalue weighted by atomic mass is 16.6. The third kappa shape index (κ3) is 3.42. The first-order chi connectivity index (χ1) is 9.70. The summed E-state index contributed by atoms with van der Waals surface area (Å²) in [4.78, 5) is 24.8. The van der Waals surface area contributed by atoms with E-state index in [-0.39, 0.29) is 5.56 Å². The number of hydrogen-bond acceptors (Lipinski definition) is 6. The molecule has 0 aliphatic heterocycles. The molecule has 2 heterocycles. The third-order valence-corrected chi connectivity index (χ3v) is 2.41. The Morgan fingerprint density at radius 1 is 1.35 bits per heavy atom. The molecule has 0 saturated heterocycles. The summed E-state index contributed by atoms with van der Waals surface area (Å²) < 4.78 is 0. The largest absolute Gasteiger partial charge is 0.398 e. The highest BCUT2D eigenvalue weighted by Gasteiger charge is 2.11. The molecule has 2 rings (SSSR count). The predicted molar refractivity (Wildman–Crippen MR) is 75.3 cm³/mol. The molecule has 4 N–H and O–H groups in total. The van der Waals surface area contributed by atoms with Crippen molar-refractivity contribution in [1.29, 1.82) is 0 Å². The molecule has 0 unspecified atom stereocenters. The average Bonchev–Trinajstić information content (AvgIpc) is 2.46. The van der Waals surface area contributed by atoms with Crippen LogP contribution < -0.4 is 16.5 Å². The van der Waals surface area contributed by atoms with Crippen molar-refractivity contribution < 1.29 is 9.63 Å². The number of amides is 1. The number of rotatable bonds is 5. The lowest BCUT2D eigenvalue weighted by Gasteiger charge is -2.09. The minimum absolute atomic E-state index is 0.255. The van der Waals surface area contributed by atoms with Crippen molar-refractivity contribution in [2.24, 2.45) is 0 Å². The number of carbonyl (C=O) groups is 1. The lowest BCUT2D eigenvalue weighted by molar-refractivity contribution is 0.0365. The Labute approximate surface area is 116 Å². The van der Waals surface area contributed by atoms with Gasteiger partial charge in [0.15, 0.2) is 0 Å². The smallest absolute Gasteiger partial charge is 0.278 e. The quantitative estimate of drug-likeness (QED) is 0.713. The van der Waals surface area contributed by atoms with Crippen LogP contribution in [-0.4, -0.2) is 22.5 Å². The van der Waals surface area contributed by atoms with Gasteiger partial charge in [0.2, 0.25) is 0 Å². The Bertz CT molecular complexity index is 589. The minimum atomic E-state index is -0.429. The van der Waals surface area contributed by atoms with Gasteiger partial charge >= 0.3 is 0 Å². The van der Waals surface area contributed by atoms with E-state index in [1.165, 1.54) is 6.20 Å². The van der Waals surface area contributed by atoms with Crippen LogP contribution in [0.25, 0.3) is 0 Å². The van der Waals surface area contributed by atoms with Gasteiger partial charge in [-0.15, -0.1) is 0 Å². The molecule has 0 aliphatic rings. The Morgan fingerprint density at radius 3 is 2.85 bits per heavy atom. The van der Waals surface area contributed by atoms with Crippen molar-refractivity contribution >= 4 is 23.2 Å². The molecule has 104 valence electrons. The van der Waals surface area contributed by atoms with E-state index in [4.69, 9.17) is 10.6 Å². The molecule has 7 nitrogen and oxygen atoms in total. The number of carbonyl (C=O) groups excluding carboxylic acids is 1. The second kappa shape index (κ2) is 6.48. The molecule has 2 aromatic heterocycles. The molecule has 0 aromatic carbocycles. The first-order valence-corrected chi connectivity index (χ1v) is 6.06. The lowest BCUT2D eigenvalue weighted by Crippen LogP contribution is -2.24. The fourth-order valence-corrected chi connectivity index (χ4v) is 1.49. The Balaban J connectivity index is 2.11. The van der Waals surface area contributed by atoms with E-state index in [0.29, 0.717) is 23.9 Å². The van der Waals surface area contributed by atoms with Gasteiger partial charge in [-0.25, -0.2) is 15.4 Å². The van der Waals surface area contributed by atoms with Gasteiger partial charge in [-0.05, 0) is 19.1 Å². The van der Waals surface area contributed by atoms with E-state index in [9.17, 15) is 4.79 Å². The molecular formula is C13H15N5O2. The summed E-state index contributed by atoms with van der Waals surface area (Å²) in [6.07, 6.45) is 3.05. The van der Waals surface area contributed by atoms with Gasteiger partial charge in [0, 0.05) is 24.1 Å². The maximum Gasteiger partial charge on any atom is 0.278 e. The molecule has 0 aliphatic carbocycles. The number of nitrogens with one attached hydrogen (secondary N) is 2. The van der Waals surface area contributed by atoms with Gasteiger partial charge < -0.3 is 11.1 Å². The average molecular weight is 273 g/mol. The summed E-state index contributed by atoms with van der Waals surface area (Å²) in [7, 11) is 0. The van der Waals surface area contributed by atoms with Crippen LogP contribution in [-0.2, 0) is 4.84 Å². The van der Waals surface area contributed by atoms with Crippen LogP contribution in [0.15, 0.2) is 36.7 Å². The summed E-state index contributed by atoms with van der Waals surface area (Å²) in [6, 6.07) is 7.03. The van der Waals surface area contributed by atoms with Crippen LogP contribution in [0.5, 0.6) is 0 Å². The van der Waals surface area contributed by atoms with Gasteiger partial charge in [-0.2, -0.15) is 0 Å². The third-order valence-electron chi connectivity index (χ3n) is 2.41. The SMILES string of the molecule is CCONC(=O)c1cnc(Nc2ccccn2)cc1N. The van der Waals surface area contributed by atoms with Crippen molar-refractivity contribution in [1.82, 2.24) is 15.4 Å². The van der Waals surface area contributed by atoms with E-state index in [1.54, 1.807) is 25.3 Å². The topological polar surface area (TPSA) is 102 Å². The van der Waals surface area contributed by atoms with Crippen molar-refractivity contribution in [2.75, 3.05) is 17.7 Å². The van der Waals surface area contributed by atoms with Crippen molar-refractivity contribution in [2.45, 2.75) is 6.92 Å². The fourth-order valence-electron chi connectivity index (χ4n) is 1.49. The highest BCUT2D eigenvalue weighted by Crippen LogP contribution is 2.17. The summed E-state index contributed by atoms with van der Waals surface area (Å²) in [5.74, 6) is 0.723. The van der Waals surface area contributed by atoms with E-state index in [1.807, 2.05) is 12.1 Å². The van der Waals surface area contributed by atoms with Gasteiger partial charge in [-0.1, -0.05) is 6.07 Å². The molecule has 0 saturated carbocycles. The second-order valence-corrected chi connectivity index (χ2v) is 3.86. The molecule has 0 bridgehead atoms. The van der Waals surface area contributed by atoms with Crippen molar-refractivity contribution in [3.63, 3.8) is 0 Å². The van der Waals surface area contributed by atoms with Crippen LogP contribution >= 0.6 is 0 Å². The van der Waals surface area contributed by atoms with Gasteiger partial charge in [-0.3, -0.25) is 9.63 Å². The molecular weight excluding hydrogens is 258 g/mol. The molecule has 20 heavy (non-hydrogen) atoms. The van der Waals surface area contributed by atoms with Crippen LogP contribution in [0.1, 0.15) is 17.3 Å². The predicted octanol–water partition coefficient (Wildman–Crippen LogP) is 1.48. The van der Waals surface area contributed by atoms with E-state index < -0.39 is 5.91 Å². The highest BCUT2D eigenvalue weighted by molar-refractivity contribution is 5.98. The fraction of sp³-hybridized carbons (Fsp3) is 0.154. The second-order valence-electron chi connectivity index (χ2n) is 3.86. The first kappa shape index (κ1) is 13.8. The van der Waals surface area contributed by atoms with E-state index in [0.717, 1.165) is 0 Å². The Hall–Kier alpha value is -2.67. The van der Waals surface area contributed by atoms with Gasteiger partial charge in [0.05, 0.1) is 12.2 Å². The number of nitrogens with zero attached hydrogens (tertiary/aromatic N) is 2. The summed E-state index contributed by atoms with van der Waals surface area (Å²) >= 11 is 0. The normalized spacial score (nSPS) is 10.1. The maximum absolute atomic E-state index is 11.7. The Morgan fingerprint density at radius 2 is 2.20 bits per heavy atom. The standard InChI is InChI=1S/C13H15N5O2/c1-2-20-18-13(19)9-8-16-12(7-10(9)14)17-11-5-3-4-6-15-11/h3-8H,2H2,1H3,(H,18,19)(H3,14,15,16,17). The molecule has 1 amide bonds. The zero-order chi connectivity index (χ0) is 14.4. The summed E-state index contributed by atoms with van der Waals surface area (Å²) in [6.45, 7) is 2.14. The number of nitrogen functional groups attached to an aromatic ring is 1. The van der Waals surface area contributed by atoms with Crippen LogP contribution in [0.4, 0.5) is 17.3 Å². The van der Waals surface area contributed by atoms with Gasteiger partial charge in [0.25, 0.3) is 5.91 Å². The maximum atomic E-state index is 11.7. The van der Waals surface area contributed by atoms with Gasteiger partial charge in [0.1, 0.15) is 11.6 Å². The molecule has 2 aromatic rings. The zero-order valence-electron chi connectivity index (χ0n) is 11.0. The monoisotopic (exact) mass is 273 g/mol. The number of aromatic nitrogens is 2. The van der Waals surface area contributed by atoms with Crippen LogP contribution in [0.3, 0.4) is 0 Å². The molecule has 0 radical (unpaired) electrons. The first-order valence-electron chi connectivity index (χ1n) is 6.06. The van der Waals surface area contributed by atoms with Crippen LogP contribution in [0, 0.1) is 0 Å². The van der Waals surface area contributed by atoms with E-state index in [2.05, 4.69) is 20.8 Å². The number of nitrogens with two attached hydrogens (primary N) is 1.